The third-order valence-electron chi connectivity index (χ3n) is 4.80. The number of esters is 2. The van der Waals surface area contributed by atoms with E-state index in [4.69, 9.17) is 9.47 Å². The van der Waals surface area contributed by atoms with E-state index in [2.05, 4.69) is 5.32 Å². The van der Waals surface area contributed by atoms with Gasteiger partial charge in [0.05, 0.1) is 19.4 Å². The summed E-state index contributed by atoms with van der Waals surface area (Å²) in [6.45, 7) is 2.26. The molecule has 0 aromatic carbocycles. The third kappa shape index (κ3) is 6.03. The summed E-state index contributed by atoms with van der Waals surface area (Å²) >= 11 is 1.40. The van der Waals surface area contributed by atoms with Crippen molar-refractivity contribution in [3.8, 4) is 0 Å². The molecule has 25 heavy (non-hydrogen) atoms. The highest BCUT2D eigenvalue weighted by atomic mass is 32.1. The minimum absolute atomic E-state index is 0.129. The lowest BCUT2D eigenvalue weighted by Gasteiger charge is -2.31. The molecule has 1 saturated carbocycles. The molecule has 0 saturated heterocycles. The molecular formula is C19H29NO4S. The zero-order valence-electron chi connectivity index (χ0n) is 15.2. The fraction of sp³-hybridized carbons (Fsp3) is 0.684. The number of carbonyl (C=O) groups excluding carboxylic acids is 2. The minimum Gasteiger partial charge on any atom is -0.466 e. The lowest BCUT2D eigenvalue weighted by molar-refractivity contribution is -0.143. The van der Waals surface area contributed by atoms with Crippen LogP contribution in [0.15, 0.2) is 11.4 Å². The first-order chi connectivity index (χ1) is 12.2. The molecule has 0 bridgehead atoms. The molecule has 1 atom stereocenters. The maximum atomic E-state index is 11.9. The number of methoxy groups -OCH3 is 1. The maximum Gasteiger partial charge on any atom is 0.350 e. The number of anilines is 1. The van der Waals surface area contributed by atoms with Crippen LogP contribution in [0, 0.1) is 5.92 Å². The monoisotopic (exact) mass is 367 g/mol. The van der Waals surface area contributed by atoms with E-state index in [0.717, 1.165) is 18.5 Å². The zero-order valence-corrected chi connectivity index (χ0v) is 16.0. The summed E-state index contributed by atoms with van der Waals surface area (Å²) < 4.78 is 9.89. The normalized spacial score (nSPS) is 16.2. The van der Waals surface area contributed by atoms with Gasteiger partial charge in [-0.15, -0.1) is 11.3 Å². The predicted octanol–water partition coefficient (Wildman–Crippen LogP) is 4.63. The molecule has 1 fully saturated rings. The molecule has 0 spiro atoms. The van der Waals surface area contributed by atoms with Gasteiger partial charge in [-0.1, -0.05) is 19.3 Å². The quantitative estimate of drug-likeness (QED) is 0.645. The van der Waals surface area contributed by atoms with E-state index in [-0.39, 0.29) is 18.0 Å². The van der Waals surface area contributed by atoms with E-state index in [1.807, 2.05) is 18.4 Å². The summed E-state index contributed by atoms with van der Waals surface area (Å²) in [5.74, 6) is 0.156. The largest absolute Gasteiger partial charge is 0.466 e. The van der Waals surface area contributed by atoms with Gasteiger partial charge >= 0.3 is 11.9 Å². The van der Waals surface area contributed by atoms with Crippen LogP contribution in [0.2, 0.25) is 0 Å². The van der Waals surface area contributed by atoms with E-state index >= 15 is 0 Å². The van der Waals surface area contributed by atoms with Crippen LogP contribution in [0.1, 0.15) is 68.0 Å². The van der Waals surface area contributed by atoms with Gasteiger partial charge in [-0.25, -0.2) is 4.79 Å². The van der Waals surface area contributed by atoms with Gasteiger partial charge in [0.1, 0.15) is 4.88 Å². The second-order valence-corrected chi connectivity index (χ2v) is 7.42. The van der Waals surface area contributed by atoms with Crippen LogP contribution in [0.3, 0.4) is 0 Å². The second-order valence-electron chi connectivity index (χ2n) is 6.50. The number of nitrogens with one attached hydrogen (secondary N) is 1. The highest BCUT2D eigenvalue weighted by Gasteiger charge is 2.25. The van der Waals surface area contributed by atoms with E-state index in [1.165, 1.54) is 50.6 Å². The lowest BCUT2D eigenvalue weighted by Crippen LogP contribution is -2.31. The molecule has 140 valence electrons. The number of hydrogen-bond donors (Lipinski definition) is 1. The van der Waals surface area contributed by atoms with E-state index in [9.17, 15) is 9.59 Å². The number of thiophene rings is 1. The summed E-state index contributed by atoms with van der Waals surface area (Å²) in [6.07, 6.45) is 8.38. The van der Waals surface area contributed by atoms with Crippen LogP contribution < -0.4 is 5.32 Å². The molecule has 5 nitrogen and oxygen atoms in total. The summed E-state index contributed by atoms with van der Waals surface area (Å²) in [5.41, 5.74) is 0.851. The van der Waals surface area contributed by atoms with Crippen LogP contribution in [0.4, 0.5) is 5.69 Å². The number of ether oxygens (including phenoxy) is 2. The Morgan fingerprint density at radius 2 is 2.08 bits per heavy atom. The summed E-state index contributed by atoms with van der Waals surface area (Å²) in [7, 11) is 1.41. The van der Waals surface area contributed by atoms with E-state index in [1.54, 1.807) is 0 Å². The van der Waals surface area contributed by atoms with Crippen molar-refractivity contribution in [3.05, 3.63) is 16.3 Å². The molecule has 0 radical (unpaired) electrons. The Bertz CT molecular complexity index is 551. The Balaban J connectivity index is 2.00. The first-order valence-electron chi connectivity index (χ1n) is 9.23. The van der Waals surface area contributed by atoms with Gasteiger partial charge in [0.15, 0.2) is 0 Å². The van der Waals surface area contributed by atoms with Gasteiger partial charge in [-0.2, -0.15) is 0 Å². The fourth-order valence-corrected chi connectivity index (χ4v) is 4.31. The SMILES string of the molecule is CCOC(=O)CCCC(Nc1ccsc1C(=O)OC)C1CCCCC1. The molecule has 1 aromatic rings. The smallest absolute Gasteiger partial charge is 0.350 e. The van der Waals surface area contributed by atoms with Gasteiger partial charge in [0, 0.05) is 12.5 Å². The van der Waals surface area contributed by atoms with Crippen molar-refractivity contribution in [1.82, 2.24) is 0 Å². The van der Waals surface area contributed by atoms with Crippen molar-refractivity contribution in [2.75, 3.05) is 19.0 Å². The van der Waals surface area contributed by atoms with Crippen LogP contribution in [0.5, 0.6) is 0 Å². The Morgan fingerprint density at radius 3 is 2.76 bits per heavy atom. The summed E-state index contributed by atoms with van der Waals surface area (Å²) in [6, 6.07) is 2.21. The van der Waals surface area contributed by atoms with Gasteiger partial charge in [-0.05, 0) is 50.0 Å². The first kappa shape index (κ1) is 19.8. The summed E-state index contributed by atoms with van der Waals surface area (Å²) in [4.78, 5) is 24.1. The molecule has 1 N–H and O–H groups in total. The maximum absolute atomic E-state index is 11.9. The predicted molar refractivity (Wildman–Crippen MR) is 100 cm³/mol. The minimum atomic E-state index is -0.300. The van der Waals surface area contributed by atoms with E-state index < -0.39 is 0 Å². The molecular weight excluding hydrogens is 338 g/mol. The topological polar surface area (TPSA) is 64.6 Å². The van der Waals surface area contributed by atoms with Gasteiger partial charge in [-0.3, -0.25) is 4.79 Å². The van der Waals surface area contributed by atoms with Crippen molar-refractivity contribution in [1.29, 1.82) is 0 Å². The van der Waals surface area contributed by atoms with Crippen molar-refractivity contribution < 1.29 is 19.1 Å². The van der Waals surface area contributed by atoms with Gasteiger partial charge in [0.2, 0.25) is 0 Å². The first-order valence-corrected chi connectivity index (χ1v) is 10.1. The third-order valence-corrected chi connectivity index (χ3v) is 5.69. The van der Waals surface area contributed by atoms with Gasteiger partial charge < -0.3 is 14.8 Å². The van der Waals surface area contributed by atoms with Crippen molar-refractivity contribution in [3.63, 3.8) is 0 Å². The molecule has 1 aliphatic carbocycles. The molecule has 0 amide bonds. The number of rotatable bonds is 9. The molecule has 2 rings (SSSR count). The highest BCUT2D eigenvalue weighted by Crippen LogP contribution is 2.32. The fourth-order valence-electron chi connectivity index (χ4n) is 3.54. The average Bonchev–Trinajstić information content (AvgIpc) is 3.09. The van der Waals surface area contributed by atoms with Crippen molar-refractivity contribution >= 4 is 29.0 Å². The zero-order chi connectivity index (χ0) is 18.1. The molecule has 1 heterocycles. The Morgan fingerprint density at radius 1 is 1.32 bits per heavy atom. The molecule has 1 aliphatic rings. The average molecular weight is 368 g/mol. The lowest BCUT2D eigenvalue weighted by atomic mass is 9.82. The molecule has 1 unspecified atom stereocenters. The second kappa shape index (κ2) is 10.4. The van der Waals surface area contributed by atoms with Crippen LogP contribution in [-0.4, -0.2) is 31.7 Å². The standard InChI is InChI=1S/C19H29NO4S/c1-3-24-17(21)11-7-10-15(14-8-5-4-6-9-14)20-16-12-13-25-18(16)19(22)23-2/h12-15,20H,3-11H2,1-2H3. The Hall–Kier alpha value is -1.56. The Kier molecular flexibility index (Phi) is 8.25. The molecule has 6 heteroatoms. The molecule has 1 aromatic heterocycles. The summed E-state index contributed by atoms with van der Waals surface area (Å²) in [5, 5.41) is 5.48. The van der Waals surface area contributed by atoms with Crippen LogP contribution >= 0.6 is 11.3 Å². The van der Waals surface area contributed by atoms with Crippen LogP contribution in [0.25, 0.3) is 0 Å². The van der Waals surface area contributed by atoms with Crippen molar-refractivity contribution in [2.45, 2.75) is 64.3 Å². The van der Waals surface area contributed by atoms with Crippen molar-refractivity contribution in [2.24, 2.45) is 5.92 Å². The number of hydrogen-bond acceptors (Lipinski definition) is 6. The molecule has 0 aliphatic heterocycles. The van der Waals surface area contributed by atoms with Gasteiger partial charge in [0.25, 0.3) is 0 Å². The Labute approximate surface area is 154 Å². The van der Waals surface area contributed by atoms with Crippen LogP contribution in [-0.2, 0) is 14.3 Å². The number of carbonyl (C=O) groups is 2. The highest BCUT2D eigenvalue weighted by molar-refractivity contribution is 7.12. The van der Waals surface area contributed by atoms with E-state index in [0.29, 0.717) is 23.8 Å².